The first-order valence-corrected chi connectivity index (χ1v) is 8.16. The van der Waals surface area contributed by atoms with Crippen LogP contribution in [0, 0.1) is 0 Å². The lowest BCUT2D eigenvalue weighted by molar-refractivity contribution is 0.0614. The fraction of sp³-hybridized carbons (Fsp3) is 0.222. The third kappa shape index (κ3) is 4.57. The molecule has 0 spiro atoms. The second-order valence-electron chi connectivity index (χ2n) is 5.14. The lowest BCUT2D eigenvalue weighted by Gasteiger charge is -2.21. The summed E-state index contributed by atoms with van der Waals surface area (Å²) >= 11 is 11.9. The predicted molar refractivity (Wildman–Crippen MR) is 93.2 cm³/mol. The highest BCUT2D eigenvalue weighted by Gasteiger charge is 2.23. The quantitative estimate of drug-likeness (QED) is 0.706. The molecule has 0 aliphatic rings. The van der Waals surface area contributed by atoms with Gasteiger partial charge in [0.2, 0.25) is 0 Å². The largest absolute Gasteiger partial charge is 0.274 e. The van der Waals surface area contributed by atoms with Crippen LogP contribution in [0.2, 0.25) is 10.0 Å². The number of halogens is 2. The van der Waals surface area contributed by atoms with Gasteiger partial charge in [-0.2, -0.15) is 0 Å². The van der Waals surface area contributed by atoms with Crippen molar-refractivity contribution in [1.29, 1.82) is 0 Å². The van der Waals surface area contributed by atoms with Crippen molar-refractivity contribution in [3.8, 4) is 0 Å². The van der Waals surface area contributed by atoms with Gasteiger partial charge in [0, 0.05) is 27.7 Å². The average Bonchev–Trinajstić information content (AvgIpc) is 2.54. The minimum absolute atomic E-state index is 0.354. The van der Waals surface area contributed by atoms with Crippen molar-refractivity contribution in [1.82, 2.24) is 4.90 Å². The number of unbranched alkanes of at least 4 members (excludes halogenated alkanes) is 1. The van der Waals surface area contributed by atoms with E-state index in [1.54, 1.807) is 48.5 Å². The maximum atomic E-state index is 12.7. The van der Waals surface area contributed by atoms with Gasteiger partial charge in [-0.05, 0) is 42.8 Å². The summed E-state index contributed by atoms with van der Waals surface area (Å²) in [6.07, 6.45) is 1.61. The van der Waals surface area contributed by atoms with Gasteiger partial charge < -0.3 is 0 Å². The van der Waals surface area contributed by atoms with Crippen LogP contribution in [-0.4, -0.2) is 23.3 Å². The molecule has 23 heavy (non-hydrogen) atoms. The van der Waals surface area contributed by atoms with E-state index in [0.29, 0.717) is 27.7 Å². The van der Waals surface area contributed by atoms with E-state index in [1.807, 2.05) is 6.92 Å². The molecule has 3 nitrogen and oxygen atoms in total. The Bertz CT molecular complexity index is 658. The zero-order chi connectivity index (χ0) is 16.8. The maximum Gasteiger partial charge on any atom is 0.260 e. The number of benzene rings is 2. The number of imide groups is 1. The third-order valence-corrected chi connectivity index (χ3v) is 3.84. The highest BCUT2D eigenvalue weighted by atomic mass is 35.5. The number of carbonyl (C=O) groups excluding carboxylic acids is 2. The molecular formula is C18H17Cl2NO2. The van der Waals surface area contributed by atoms with Crippen molar-refractivity contribution in [3.05, 3.63) is 69.7 Å². The summed E-state index contributed by atoms with van der Waals surface area (Å²) in [5.74, 6) is -0.711. The lowest BCUT2D eigenvalue weighted by Crippen LogP contribution is -2.37. The molecule has 0 aromatic heterocycles. The van der Waals surface area contributed by atoms with Crippen molar-refractivity contribution in [2.75, 3.05) is 6.54 Å². The Balaban J connectivity index is 2.32. The number of rotatable bonds is 5. The first kappa shape index (κ1) is 17.5. The molecule has 2 rings (SSSR count). The van der Waals surface area contributed by atoms with Gasteiger partial charge in [-0.15, -0.1) is 0 Å². The van der Waals surface area contributed by atoms with E-state index < -0.39 is 0 Å². The SMILES string of the molecule is CCCCN(C(=O)c1cccc(Cl)c1)C(=O)c1cccc(Cl)c1. The molecule has 0 N–H and O–H groups in total. The minimum atomic E-state index is -0.356. The van der Waals surface area contributed by atoms with E-state index in [0.717, 1.165) is 12.8 Å². The van der Waals surface area contributed by atoms with E-state index in [2.05, 4.69) is 0 Å². The average molecular weight is 350 g/mol. The van der Waals surface area contributed by atoms with Crippen LogP contribution in [0.3, 0.4) is 0 Å². The molecule has 5 heteroatoms. The van der Waals surface area contributed by atoms with Crippen molar-refractivity contribution in [2.45, 2.75) is 19.8 Å². The minimum Gasteiger partial charge on any atom is -0.274 e. The van der Waals surface area contributed by atoms with Crippen LogP contribution < -0.4 is 0 Å². The summed E-state index contributed by atoms with van der Waals surface area (Å²) in [7, 11) is 0. The zero-order valence-corrected chi connectivity index (χ0v) is 14.3. The van der Waals surface area contributed by atoms with Crippen molar-refractivity contribution in [3.63, 3.8) is 0 Å². The van der Waals surface area contributed by atoms with Crippen LogP contribution in [-0.2, 0) is 0 Å². The van der Waals surface area contributed by atoms with Gasteiger partial charge in [-0.3, -0.25) is 14.5 Å². The zero-order valence-electron chi connectivity index (χ0n) is 12.8. The molecule has 2 amide bonds. The predicted octanol–water partition coefficient (Wildman–Crippen LogP) is 5.08. The molecule has 0 saturated heterocycles. The molecule has 2 aromatic rings. The number of hydrogen-bond donors (Lipinski definition) is 0. The lowest BCUT2D eigenvalue weighted by atomic mass is 10.1. The second kappa shape index (κ2) is 8.14. The van der Waals surface area contributed by atoms with Gasteiger partial charge in [-0.25, -0.2) is 0 Å². The summed E-state index contributed by atoms with van der Waals surface area (Å²) in [5, 5.41) is 0.919. The van der Waals surface area contributed by atoms with Crippen LogP contribution in [0.4, 0.5) is 0 Å². The molecule has 0 fully saturated rings. The monoisotopic (exact) mass is 349 g/mol. The Morgan fingerprint density at radius 3 is 1.78 bits per heavy atom. The Kier molecular flexibility index (Phi) is 6.20. The van der Waals surface area contributed by atoms with Gasteiger partial charge in [0.05, 0.1) is 0 Å². The molecule has 0 saturated carbocycles. The van der Waals surface area contributed by atoms with E-state index >= 15 is 0 Å². The molecule has 120 valence electrons. The maximum absolute atomic E-state index is 12.7. The van der Waals surface area contributed by atoms with Gasteiger partial charge in [0.1, 0.15) is 0 Å². The van der Waals surface area contributed by atoms with E-state index in [4.69, 9.17) is 23.2 Å². The van der Waals surface area contributed by atoms with Gasteiger partial charge in [0.15, 0.2) is 0 Å². The molecule has 0 heterocycles. The summed E-state index contributed by atoms with van der Waals surface area (Å²) < 4.78 is 0. The van der Waals surface area contributed by atoms with Crippen molar-refractivity contribution < 1.29 is 9.59 Å². The van der Waals surface area contributed by atoms with Crippen LogP contribution in [0.5, 0.6) is 0 Å². The molecule has 0 bridgehead atoms. The van der Waals surface area contributed by atoms with Crippen LogP contribution in [0.15, 0.2) is 48.5 Å². The molecule has 0 unspecified atom stereocenters. The summed E-state index contributed by atoms with van der Waals surface area (Å²) in [6.45, 7) is 2.36. The Morgan fingerprint density at radius 2 is 1.39 bits per heavy atom. The fourth-order valence-electron chi connectivity index (χ4n) is 2.17. The number of amides is 2. The van der Waals surface area contributed by atoms with Gasteiger partial charge >= 0.3 is 0 Å². The van der Waals surface area contributed by atoms with Crippen molar-refractivity contribution in [2.24, 2.45) is 0 Å². The smallest absolute Gasteiger partial charge is 0.260 e. The first-order valence-electron chi connectivity index (χ1n) is 7.40. The highest BCUT2D eigenvalue weighted by Crippen LogP contribution is 2.17. The number of hydrogen-bond acceptors (Lipinski definition) is 2. The van der Waals surface area contributed by atoms with Crippen LogP contribution >= 0.6 is 23.2 Å². The normalized spacial score (nSPS) is 10.4. The van der Waals surface area contributed by atoms with Gasteiger partial charge in [0.25, 0.3) is 11.8 Å². The second-order valence-corrected chi connectivity index (χ2v) is 6.01. The number of carbonyl (C=O) groups is 2. The van der Waals surface area contributed by atoms with E-state index in [9.17, 15) is 9.59 Å². The Morgan fingerprint density at radius 1 is 0.913 bits per heavy atom. The number of nitrogens with zero attached hydrogens (tertiary/aromatic N) is 1. The van der Waals surface area contributed by atoms with Crippen LogP contribution in [0.1, 0.15) is 40.5 Å². The highest BCUT2D eigenvalue weighted by molar-refractivity contribution is 6.31. The molecule has 0 aliphatic heterocycles. The summed E-state index contributed by atoms with van der Waals surface area (Å²) in [5.41, 5.74) is 0.785. The molecular weight excluding hydrogens is 333 g/mol. The summed E-state index contributed by atoms with van der Waals surface area (Å²) in [6, 6.07) is 13.2. The van der Waals surface area contributed by atoms with Crippen molar-refractivity contribution >= 4 is 35.0 Å². The van der Waals surface area contributed by atoms with E-state index in [1.165, 1.54) is 4.90 Å². The fourth-order valence-corrected chi connectivity index (χ4v) is 2.55. The topological polar surface area (TPSA) is 37.4 Å². The standard InChI is InChI=1S/C18H17Cl2NO2/c1-2-3-10-21(17(22)13-6-4-8-15(19)11-13)18(23)14-7-5-9-16(20)12-14/h4-9,11-12H,2-3,10H2,1H3. The van der Waals surface area contributed by atoms with Crippen LogP contribution in [0.25, 0.3) is 0 Å². The van der Waals surface area contributed by atoms with Gasteiger partial charge in [-0.1, -0.05) is 48.7 Å². The Labute approximate surface area is 145 Å². The van der Waals surface area contributed by atoms with E-state index in [-0.39, 0.29) is 11.8 Å². The first-order chi connectivity index (χ1) is 11.0. The molecule has 0 aliphatic carbocycles. The molecule has 0 atom stereocenters. The third-order valence-electron chi connectivity index (χ3n) is 3.37. The molecule has 0 radical (unpaired) electrons. The molecule has 2 aromatic carbocycles. The Hall–Kier alpha value is -1.84. The summed E-state index contributed by atoms with van der Waals surface area (Å²) in [4.78, 5) is 26.7.